The highest BCUT2D eigenvalue weighted by Gasteiger charge is 2.30. The predicted molar refractivity (Wildman–Crippen MR) is 101 cm³/mol. The lowest BCUT2D eigenvalue weighted by Crippen LogP contribution is -2.24. The fraction of sp³-hybridized carbons (Fsp3) is 0.238. The number of rotatable bonds is 3. The van der Waals surface area contributed by atoms with Gasteiger partial charge in [-0.25, -0.2) is 4.68 Å². The third kappa shape index (κ3) is 2.75. The van der Waals surface area contributed by atoms with Gasteiger partial charge in [-0.3, -0.25) is 4.79 Å². The van der Waals surface area contributed by atoms with E-state index in [0.29, 0.717) is 6.42 Å². The summed E-state index contributed by atoms with van der Waals surface area (Å²) < 4.78 is 7.18. The van der Waals surface area contributed by atoms with Crippen molar-refractivity contribution < 1.29 is 9.53 Å². The number of ether oxygens (including phenoxy) is 1. The molecule has 132 valence electrons. The highest BCUT2D eigenvalue weighted by molar-refractivity contribution is 5.94. The normalized spacial score (nSPS) is 16.1. The minimum Gasteiger partial charge on any atom is -0.497 e. The Labute approximate surface area is 152 Å². The van der Waals surface area contributed by atoms with Crippen LogP contribution in [0.5, 0.6) is 5.75 Å². The van der Waals surface area contributed by atoms with Crippen LogP contribution in [0.3, 0.4) is 0 Å². The average Bonchev–Trinajstić information content (AvgIpc) is 3.06. The highest BCUT2D eigenvalue weighted by Crippen LogP contribution is 2.39. The van der Waals surface area contributed by atoms with E-state index >= 15 is 0 Å². The summed E-state index contributed by atoms with van der Waals surface area (Å²) in [4.78, 5) is 12.4. The standard InChI is InChI=1S/C21H21N3O2/c1-13-7-8-14(2)19(9-13)24-21-18(12-22-24)17(11-20(25)23-21)15-5-4-6-16(10-15)26-3/h4-10,12,17H,11H2,1-3H3,(H,23,25). The summed E-state index contributed by atoms with van der Waals surface area (Å²) in [5.41, 5.74) is 5.33. The molecule has 0 fully saturated rings. The fourth-order valence-electron chi connectivity index (χ4n) is 3.51. The Morgan fingerprint density at radius 3 is 2.85 bits per heavy atom. The Morgan fingerprint density at radius 1 is 1.19 bits per heavy atom. The number of fused-ring (bicyclic) bond motifs is 1. The molecule has 1 atom stereocenters. The van der Waals surface area contributed by atoms with Crippen molar-refractivity contribution in [1.82, 2.24) is 9.78 Å². The van der Waals surface area contributed by atoms with Crippen molar-refractivity contribution >= 4 is 11.7 Å². The van der Waals surface area contributed by atoms with Crippen molar-refractivity contribution in [2.24, 2.45) is 0 Å². The molecule has 1 aliphatic rings. The minimum absolute atomic E-state index is 0.00243. The Morgan fingerprint density at radius 2 is 2.04 bits per heavy atom. The van der Waals surface area contributed by atoms with Crippen molar-refractivity contribution in [3.8, 4) is 11.4 Å². The first-order valence-corrected chi connectivity index (χ1v) is 8.66. The molecule has 4 rings (SSSR count). The van der Waals surface area contributed by atoms with Gasteiger partial charge in [-0.15, -0.1) is 0 Å². The van der Waals surface area contributed by atoms with Crippen LogP contribution in [-0.2, 0) is 4.79 Å². The van der Waals surface area contributed by atoms with Gasteiger partial charge < -0.3 is 10.1 Å². The summed E-state index contributed by atoms with van der Waals surface area (Å²) in [5.74, 6) is 1.50. The van der Waals surface area contributed by atoms with Gasteiger partial charge in [-0.1, -0.05) is 24.3 Å². The second kappa shape index (κ2) is 6.33. The van der Waals surface area contributed by atoms with Gasteiger partial charge in [0, 0.05) is 17.9 Å². The van der Waals surface area contributed by atoms with Crippen molar-refractivity contribution in [3.63, 3.8) is 0 Å². The number of hydrogen-bond acceptors (Lipinski definition) is 3. The zero-order chi connectivity index (χ0) is 18.3. The Kier molecular flexibility index (Phi) is 3.99. The van der Waals surface area contributed by atoms with Crippen LogP contribution in [0.1, 0.15) is 34.6 Å². The van der Waals surface area contributed by atoms with E-state index in [1.807, 2.05) is 42.1 Å². The molecular weight excluding hydrogens is 326 g/mol. The molecule has 0 bridgehead atoms. The van der Waals surface area contributed by atoms with E-state index in [4.69, 9.17) is 4.74 Å². The van der Waals surface area contributed by atoms with Gasteiger partial charge in [0.15, 0.2) is 0 Å². The summed E-state index contributed by atoms with van der Waals surface area (Å²) in [5, 5.41) is 7.61. The largest absolute Gasteiger partial charge is 0.497 e. The second-order valence-corrected chi connectivity index (χ2v) is 6.73. The van der Waals surface area contributed by atoms with Crippen LogP contribution in [0.4, 0.5) is 5.82 Å². The predicted octanol–water partition coefficient (Wildman–Crippen LogP) is 3.97. The smallest absolute Gasteiger partial charge is 0.226 e. The summed E-state index contributed by atoms with van der Waals surface area (Å²) >= 11 is 0. The Hall–Kier alpha value is -3.08. The number of anilines is 1. The molecule has 3 aromatic rings. The van der Waals surface area contributed by atoms with Crippen molar-refractivity contribution in [2.75, 3.05) is 12.4 Å². The molecule has 5 nitrogen and oxygen atoms in total. The molecule has 0 saturated heterocycles. The van der Waals surface area contributed by atoms with Crippen LogP contribution in [-0.4, -0.2) is 22.8 Å². The molecule has 0 aliphatic carbocycles. The first-order chi connectivity index (χ1) is 12.6. The number of nitrogens with zero attached hydrogens (tertiary/aromatic N) is 2. The zero-order valence-electron chi connectivity index (χ0n) is 15.1. The van der Waals surface area contributed by atoms with Crippen LogP contribution in [0.2, 0.25) is 0 Å². The second-order valence-electron chi connectivity index (χ2n) is 6.73. The Balaban J connectivity index is 1.84. The van der Waals surface area contributed by atoms with Gasteiger partial charge >= 0.3 is 0 Å². The van der Waals surface area contributed by atoms with Gasteiger partial charge in [0.2, 0.25) is 5.91 Å². The van der Waals surface area contributed by atoms with Crippen molar-refractivity contribution in [1.29, 1.82) is 0 Å². The number of carbonyl (C=O) groups excluding carboxylic acids is 1. The van der Waals surface area contributed by atoms with Crippen molar-refractivity contribution in [2.45, 2.75) is 26.2 Å². The topological polar surface area (TPSA) is 56.1 Å². The van der Waals surface area contributed by atoms with E-state index in [9.17, 15) is 4.79 Å². The van der Waals surface area contributed by atoms with Gasteiger partial charge in [-0.05, 0) is 48.7 Å². The number of nitrogens with one attached hydrogen (secondary N) is 1. The molecule has 1 unspecified atom stereocenters. The number of benzene rings is 2. The number of hydrogen-bond donors (Lipinski definition) is 1. The van der Waals surface area contributed by atoms with Crippen LogP contribution >= 0.6 is 0 Å². The van der Waals surface area contributed by atoms with Crippen LogP contribution < -0.4 is 10.1 Å². The number of carbonyl (C=O) groups is 1. The quantitative estimate of drug-likeness (QED) is 0.780. The summed E-state index contributed by atoms with van der Waals surface area (Å²) in [7, 11) is 1.65. The van der Waals surface area contributed by atoms with Gasteiger partial charge in [0.25, 0.3) is 0 Å². The molecule has 1 N–H and O–H groups in total. The third-order valence-corrected chi connectivity index (χ3v) is 4.91. The molecule has 1 amide bonds. The minimum atomic E-state index is -0.0345. The SMILES string of the molecule is COc1cccc(C2CC(=O)Nc3c2cnn3-c2cc(C)ccc2C)c1. The number of aromatic nitrogens is 2. The maximum atomic E-state index is 12.4. The molecule has 1 aromatic heterocycles. The van der Waals surface area contributed by atoms with Crippen LogP contribution in [0.15, 0.2) is 48.7 Å². The van der Waals surface area contributed by atoms with E-state index < -0.39 is 0 Å². The van der Waals surface area contributed by atoms with Gasteiger partial charge in [0.05, 0.1) is 19.0 Å². The fourth-order valence-corrected chi connectivity index (χ4v) is 3.51. The average molecular weight is 347 g/mol. The van der Waals surface area contributed by atoms with E-state index in [1.165, 1.54) is 0 Å². The highest BCUT2D eigenvalue weighted by atomic mass is 16.5. The molecule has 1 aliphatic heterocycles. The zero-order valence-corrected chi connectivity index (χ0v) is 15.1. The first kappa shape index (κ1) is 16.4. The van der Waals surface area contributed by atoms with E-state index in [0.717, 1.165) is 39.5 Å². The molecule has 0 spiro atoms. The molecular formula is C21H21N3O2. The lowest BCUT2D eigenvalue weighted by molar-refractivity contribution is -0.116. The summed E-state index contributed by atoms with van der Waals surface area (Å²) in [6.07, 6.45) is 2.26. The molecule has 0 saturated carbocycles. The molecule has 0 radical (unpaired) electrons. The molecule has 26 heavy (non-hydrogen) atoms. The number of aryl methyl sites for hydroxylation is 2. The number of amides is 1. The Bertz CT molecular complexity index is 991. The lowest BCUT2D eigenvalue weighted by Gasteiger charge is -2.24. The monoisotopic (exact) mass is 347 g/mol. The molecule has 5 heteroatoms. The lowest BCUT2D eigenvalue weighted by atomic mass is 9.87. The van der Waals surface area contributed by atoms with Crippen LogP contribution in [0.25, 0.3) is 5.69 Å². The van der Waals surface area contributed by atoms with Crippen molar-refractivity contribution in [3.05, 3.63) is 70.9 Å². The third-order valence-electron chi connectivity index (χ3n) is 4.91. The number of methoxy groups -OCH3 is 1. The molecule has 2 heterocycles. The van der Waals surface area contributed by atoms with Crippen LogP contribution in [0, 0.1) is 13.8 Å². The van der Waals surface area contributed by atoms with E-state index in [1.54, 1.807) is 7.11 Å². The van der Waals surface area contributed by atoms with E-state index in [-0.39, 0.29) is 11.8 Å². The van der Waals surface area contributed by atoms with E-state index in [2.05, 4.69) is 35.5 Å². The maximum absolute atomic E-state index is 12.4. The van der Waals surface area contributed by atoms with Gasteiger partial charge in [0.1, 0.15) is 11.6 Å². The summed E-state index contributed by atoms with van der Waals surface area (Å²) in [6, 6.07) is 14.1. The molecule has 2 aromatic carbocycles. The maximum Gasteiger partial charge on any atom is 0.226 e. The van der Waals surface area contributed by atoms with Gasteiger partial charge in [-0.2, -0.15) is 5.10 Å². The first-order valence-electron chi connectivity index (χ1n) is 8.66. The summed E-state index contributed by atoms with van der Waals surface area (Å²) in [6.45, 7) is 4.10.